The van der Waals surface area contributed by atoms with Gasteiger partial charge in [0.1, 0.15) is 12.4 Å². The monoisotopic (exact) mass is 359 g/mol. The standard InChI is InChI=1S/C21H33N3O2/c1-17-10-13-24(16-17)14-15-26-20-5-3-19(4-6-20)23-21(25)7-2-18-8-11-22-12-9-18/h3-6,17-18,22H,2,7-16H2,1H3,(H,23,25). The first kappa shape index (κ1) is 19.2. The van der Waals surface area contributed by atoms with E-state index in [0.29, 0.717) is 18.9 Å². The van der Waals surface area contributed by atoms with E-state index in [-0.39, 0.29) is 5.91 Å². The number of anilines is 1. The molecule has 1 aromatic carbocycles. The summed E-state index contributed by atoms with van der Waals surface area (Å²) < 4.78 is 5.83. The molecule has 5 heteroatoms. The first-order chi connectivity index (χ1) is 12.7. The Labute approximate surface area is 157 Å². The minimum atomic E-state index is 0.111. The van der Waals surface area contributed by atoms with Crippen LogP contribution in [0.1, 0.15) is 39.0 Å². The Morgan fingerprint density at radius 1 is 1.23 bits per heavy atom. The lowest BCUT2D eigenvalue weighted by molar-refractivity contribution is -0.116. The van der Waals surface area contributed by atoms with E-state index in [9.17, 15) is 4.79 Å². The maximum absolute atomic E-state index is 12.1. The van der Waals surface area contributed by atoms with Crippen LogP contribution >= 0.6 is 0 Å². The van der Waals surface area contributed by atoms with E-state index in [1.165, 1.54) is 32.4 Å². The number of hydrogen-bond acceptors (Lipinski definition) is 4. The summed E-state index contributed by atoms with van der Waals surface area (Å²) in [5, 5.41) is 6.36. The normalized spacial score (nSPS) is 21.7. The number of benzene rings is 1. The molecular weight excluding hydrogens is 326 g/mol. The Morgan fingerprint density at radius 2 is 2.00 bits per heavy atom. The summed E-state index contributed by atoms with van der Waals surface area (Å²) in [6.07, 6.45) is 5.28. The van der Waals surface area contributed by atoms with Crippen LogP contribution in [0.5, 0.6) is 5.75 Å². The molecule has 3 rings (SSSR count). The molecule has 0 aliphatic carbocycles. The highest BCUT2D eigenvalue weighted by Gasteiger charge is 2.18. The molecule has 2 aliphatic rings. The van der Waals surface area contributed by atoms with Crippen molar-refractivity contribution < 1.29 is 9.53 Å². The predicted octanol–water partition coefficient (Wildman–Crippen LogP) is 3.13. The minimum absolute atomic E-state index is 0.111. The van der Waals surface area contributed by atoms with Crippen molar-refractivity contribution in [3.63, 3.8) is 0 Å². The molecule has 2 N–H and O–H groups in total. The van der Waals surface area contributed by atoms with E-state index < -0.39 is 0 Å². The van der Waals surface area contributed by atoms with Crippen LogP contribution in [0.15, 0.2) is 24.3 Å². The molecule has 2 saturated heterocycles. The van der Waals surface area contributed by atoms with Gasteiger partial charge in [0, 0.05) is 25.2 Å². The Bertz CT molecular complexity index is 555. The molecule has 0 bridgehead atoms. The van der Waals surface area contributed by atoms with Gasteiger partial charge >= 0.3 is 0 Å². The summed E-state index contributed by atoms with van der Waals surface area (Å²) in [6.45, 7) is 8.56. The molecule has 0 radical (unpaired) electrons. The van der Waals surface area contributed by atoms with Gasteiger partial charge in [-0.25, -0.2) is 0 Å². The van der Waals surface area contributed by atoms with Crippen LogP contribution in [-0.4, -0.2) is 50.1 Å². The van der Waals surface area contributed by atoms with Crippen molar-refractivity contribution >= 4 is 11.6 Å². The molecule has 1 amide bonds. The Morgan fingerprint density at radius 3 is 2.69 bits per heavy atom. The zero-order chi connectivity index (χ0) is 18.2. The number of carbonyl (C=O) groups is 1. The maximum atomic E-state index is 12.1. The molecule has 2 heterocycles. The van der Waals surface area contributed by atoms with Crippen molar-refractivity contribution in [2.75, 3.05) is 44.6 Å². The Balaban J connectivity index is 1.33. The molecular formula is C21H33N3O2. The highest BCUT2D eigenvalue weighted by molar-refractivity contribution is 5.90. The molecule has 1 aromatic rings. The SMILES string of the molecule is CC1CCN(CCOc2ccc(NC(=O)CCC3CCNCC3)cc2)C1. The number of likely N-dealkylation sites (tertiary alicyclic amines) is 1. The Hall–Kier alpha value is -1.59. The van der Waals surface area contributed by atoms with Gasteiger partial charge in [0.05, 0.1) is 0 Å². The number of ether oxygens (including phenoxy) is 1. The fourth-order valence-electron chi connectivity index (χ4n) is 3.89. The van der Waals surface area contributed by atoms with E-state index in [1.807, 2.05) is 24.3 Å². The number of hydrogen-bond donors (Lipinski definition) is 2. The molecule has 1 atom stereocenters. The second-order valence-electron chi connectivity index (χ2n) is 7.85. The summed E-state index contributed by atoms with van der Waals surface area (Å²) >= 11 is 0. The summed E-state index contributed by atoms with van der Waals surface area (Å²) in [4.78, 5) is 14.6. The molecule has 0 spiro atoms. The fourth-order valence-corrected chi connectivity index (χ4v) is 3.89. The van der Waals surface area contributed by atoms with Crippen molar-refractivity contribution in [1.82, 2.24) is 10.2 Å². The van der Waals surface area contributed by atoms with E-state index in [0.717, 1.165) is 43.4 Å². The second kappa shape index (κ2) is 9.93. The van der Waals surface area contributed by atoms with Gasteiger partial charge in [-0.2, -0.15) is 0 Å². The summed E-state index contributed by atoms with van der Waals surface area (Å²) in [5.74, 6) is 2.48. The van der Waals surface area contributed by atoms with E-state index >= 15 is 0 Å². The van der Waals surface area contributed by atoms with Gasteiger partial charge in [-0.05, 0) is 81.4 Å². The summed E-state index contributed by atoms with van der Waals surface area (Å²) in [5.41, 5.74) is 0.848. The number of amides is 1. The third-order valence-corrected chi connectivity index (χ3v) is 5.56. The van der Waals surface area contributed by atoms with Gasteiger partial charge in [-0.15, -0.1) is 0 Å². The highest BCUT2D eigenvalue weighted by atomic mass is 16.5. The topological polar surface area (TPSA) is 53.6 Å². The van der Waals surface area contributed by atoms with Crippen LogP contribution in [-0.2, 0) is 4.79 Å². The van der Waals surface area contributed by atoms with E-state index in [2.05, 4.69) is 22.5 Å². The van der Waals surface area contributed by atoms with Crippen LogP contribution in [0.3, 0.4) is 0 Å². The number of rotatable bonds is 8. The predicted molar refractivity (Wildman–Crippen MR) is 106 cm³/mol. The lowest BCUT2D eigenvalue weighted by atomic mass is 9.93. The second-order valence-corrected chi connectivity index (χ2v) is 7.85. The molecule has 2 aliphatic heterocycles. The van der Waals surface area contributed by atoms with Crippen molar-refractivity contribution in [3.05, 3.63) is 24.3 Å². The zero-order valence-corrected chi connectivity index (χ0v) is 16.0. The molecule has 5 nitrogen and oxygen atoms in total. The van der Waals surface area contributed by atoms with Crippen LogP contribution in [0.4, 0.5) is 5.69 Å². The Kier molecular flexibility index (Phi) is 7.32. The molecule has 0 saturated carbocycles. The largest absolute Gasteiger partial charge is 0.492 e. The molecule has 26 heavy (non-hydrogen) atoms. The molecule has 1 unspecified atom stereocenters. The van der Waals surface area contributed by atoms with Crippen LogP contribution in [0, 0.1) is 11.8 Å². The quantitative estimate of drug-likeness (QED) is 0.749. The van der Waals surface area contributed by atoms with Gasteiger partial charge in [-0.3, -0.25) is 9.69 Å². The van der Waals surface area contributed by atoms with E-state index in [1.54, 1.807) is 0 Å². The number of nitrogens with zero attached hydrogens (tertiary/aromatic N) is 1. The molecule has 144 valence electrons. The van der Waals surface area contributed by atoms with Gasteiger partial charge in [-0.1, -0.05) is 6.92 Å². The van der Waals surface area contributed by atoms with Gasteiger partial charge < -0.3 is 15.4 Å². The average molecular weight is 360 g/mol. The lowest BCUT2D eigenvalue weighted by Gasteiger charge is -2.22. The summed E-state index contributed by atoms with van der Waals surface area (Å²) in [6, 6.07) is 7.73. The first-order valence-electron chi connectivity index (χ1n) is 10.1. The average Bonchev–Trinajstić information content (AvgIpc) is 3.07. The van der Waals surface area contributed by atoms with Crippen LogP contribution < -0.4 is 15.4 Å². The van der Waals surface area contributed by atoms with E-state index in [4.69, 9.17) is 4.74 Å². The zero-order valence-electron chi connectivity index (χ0n) is 16.0. The van der Waals surface area contributed by atoms with Crippen LogP contribution in [0.2, 0.25) is 0 Å². The van der Waals surface area contributed by atoms with Crippen molar-refractivity contribution in [2.24, 2.45) is 11.8 Å². The maximum Gasteiger partial charge on any atom is 0.224 e. The van der Waals surface area contributed by atoms with Gasteiger partial charge in [0.15, 0.2) is 0 Å². The number of piperidine rings is 1. The molecule has 2 fully saturated rings. The minimum Gasteiger partial charge on any atom is -0.492 e. The van der Waals surface area contributed by atoms with Crippen molar-refractivity contribution in [2.45, 2.75) is 39.0 Å². The fraction of sp³-hybridized carbons (Fsp3) is 0.667. The molecule has 0 aromatic heterocycles. The van der Waals surface area contributed by atoms with Gasteiger partial charge in [0.25, 0.3) is 0 Å². The van der Waals surface area contributed by atoms with Crippen molar-refractivity contribution in [3.8, 4) is 5.75 Å². The van der Waals surface area contributed by atoms with Gasteiger partial charge in [0.2, 0.25) is 5.91 Å². The first-order valence-corrected chi connectivity index (χ1v) is 10.1. The van der Waals surface area contributed by atoms with Crippen molar-refractivity contribution in [1.29, 1.82) is 0 Å². The van der Waals surface area contributed by atoms with Crippen LogP contribution in [0.25, 0.3) is 0 Å². The lowest BCUT2D eigenvalue weighted by Crippen LogP contribution is -2.28. The third-order valence-electron chi connectivity index (χ3n) is 5.56. The summed E-state index contributed by atoms with van der Waals surface area (Å²) in [7, 11) is 0. The third kappa shape index (κ3) is 6.29. The number of nitrogens with one attached hydrogen (secondary N) is 2. The smallest absolute Gasteiger partial charge is 0.224 e. The number of carbonyl (C=O) groups excluding carboxylic acids is 1. The highest BCUT2D eigenvalue weighted by Crippen LogP contribution is 2.20.